The van der Waals surface area contributed by atoms with E-state index < -0.39 is 0 Å². The van der Waals surface area contributed by atoms with Crippen molar-refractivity contribution in [3.8, 4) is 0 Å². The molecule has 0 aliphatic heterocycles. The fourth-order valence-electron chi connectivity index (χ4n) is 1.49. The minimum Gasteiger partial charge on any atom is -0.267 e. The van der Waals surface area contributed by atoms with E-state index in [1.54, 1.807) is 30.6 Å². The van der Waals surface area contributed by atoms with Crippen LogP contribution in [0.4, 0.5) is 0 Å². The molecule has 0 saturated carbocycles. The second-order valence-electron chi connectivity index (χ2n) is 3.88. The zero-order valence-corrected chi connectivity index (χ0v) is 11.9. The molecule has 1 heterocycles. The summed E-state index contributed by atoms with van der Waals surface area (Å²) in [6, 6.07) is 10.8. The predicted octanol–water partition coefficient (Wildman–Crippen LogP) is 3.00. The van der Waals surface area contributed by atoms with Gasteiger partial charge in [0.2, 0.25) is 0 Å². The zero-order chi connectivity index (χ0) is 13.7. The number of rotatable bonds is 3. The van der Waals surface area contributed by atoms with Crippen LogP contribution in [-0.4, -0.2) is 16.6 Å². The second kappa shape index (κ2) is 6.24. The van der Waals surface area contributed by atoms with Crippen LogP contribution in [0.3, 0.4) is 0 Å². The van der Waals surface area contributed by atoms with E-state index >= 15 is 0 Å². The topological polar surface area (TPSA) is 54.4 Å². The van der Waals surface area contributed by atoms with Gasteiger partial charge in [-0.05, 0) is 37.3 Å². The first kappa shape index (κ1) is 13.4. The molecule has 0 unspecified atom stereocenters. The molecule has 2 aromatic rings. The number of halogens is 1. The summed E-state index contributed by atoms with van der Waals surface area (Å²) in [7, 11) is 0. The number of benzene rings is 1. The molecule has 5 heteroatoms. The Hall–Kier alpha value is -2.01. The fourth-order valence-corrected chi connectivity index (χ4v) is 1.89. The molecule has 1 amide bonds. The lowest BCUT2D eigenvalue weighted by Gasteiger charge is -2.03. The maximum absolute atomic E-state index is 11.9. The van der Waals surface area contributed by atoms with Crippen LogP contribution in [0.1, 0.15) is 22.8 Å². The highest BCUT2D eigenvalue weighted by atomic mass is 79.9. The normalized spacial score (nSPS) is 11.2. The van der Waals surface area contributed by atoms with Gasteiger partial charge in [-0.2, -0.15) is 5.10 Å². The lowest BCUT2D eigenvalue weighted by molar-refractivity contribution is 0.0955. The quantitative estimate of drug-likeness (QED) is 0.699. The van der Waals surface area contributed by atoms with Crippen LogP contribution in [0.5, 0.6) is 0 Å². The number of nitrogens with one attached hydrogen (secondary N) is 1. The third-order valence-corrected chi connectivity index (χ3v) is 3.00. The summed E-state index contributed by atoms with van der Waals surface area (Å²) in [6.07, 6.45) is 3.37. The molecule has 0 radical (unpaired) electrons. The van der Waals surface area contributed by atoms with Gasteiger partial charge in [-0.25, -0.2) is 5.43 Å². The van der Waals surface area contributed by atoms with Gasteiger partial charge in [-0.1, -0.05) is 22.0 Å². The van der Waals surface area contributed by atoms with Gasteiger partial charge in [-0.3, -0.25) is 9.78 Å². The van der Waals surface area contributed by atoms with E-state index in [2.05, 4.69) is 31.4 Å². The van der Waals surface area contributed by atoms with Crippen molar-refractivity contribution in [2.75, 3.05) is 0 Å². The number of pyridine rings is 1. The van der Waals surface area contributed by atoms with Gasteiger partial charge in [0.15, 0.2) is 0 Å². The number of hydrazone groups is 1. The average molecular weight is 318 g/mol. The van der Waals surface area contributed by atoms with E-state index in [9.17, 15) is 4.79 Å². The molecular formula is C14H12BrN3O. The van der Waals surface area contributed by atoms with Crippen molar-refractivity contribution in [2.24, 2.45) is 5.10 Å². The third-order valence-electron chi connectivity index (χ3n) is 2.51. The highest BCUT2D eigenvalue weighted by Gasteiger charge is 2.04. The lowest BCUT2D eigenvalue weighted by atomic mass is 10.2. The van der Waals surface area contributed by atoms with Crippen LogP contribution in [-0.2, 0) is 0 Å². The number of hydrogen-bond donors (Lipinski definition) is 1. The number of amides is 1. The van der Waals surface area contributed by atoms with Crippen molar-refractivity contribution in [2.45, 2.75) is 6.92 Å². The Labute approximate surface area is 119 Å². The molecule has 0 bridgehead atoms. The predicted molar refractivity (Wildman–Crippen MR) is 78.1 cm³/mol. The molecule has 0 spiro atoms. The standard InChI is InChI=1S/C14H12BrN3O/c1-10(11-5-7-16-8-6-11)17-18-14(19)12-3-2-4-13(15)9-12/h2-9H,1H3,(H,18,19)/b17-10+. The zero-order valence-electron chi connectivity index (χ0n) is 10.3. The van der Waals surface area contributed by atoms with Crippen LogP contribution in [0.2, 0.25) is 0 Å². The molecule has 1 N–H and O–H groups in total. The van der Waals surface area contributed by atoms with E-state index in [1.165, 1.54) is 0 Å². The van der Waals surface area contributed by atoms with Gasteiger partial charge in [0.1, 0.15) is 0 Å². The van der Waals surface area contributed by atoms with E-state index in [0.29, 0.717) is 5.56 Å². The number of carbonyl (C=O) groups is 1. The van der Waals surface area contributed by atoms with E-state index in [0.717, 1.165) is 15.7 Å². The average Bonchev–Trinajstić information content (AvgIpc) is 2.45. The smallest absolute Gasteiger partial charge is 0.267 e. The van der Waals surface area contributed by atoms with Gasteiger partial charge in [0, 0.05) is 28.0 Å². The van der Waals surface area contributed by atoms with Gasteiger partial charge < -0.3 is 0 Å². The Morgan fingerprint density at radius 3 is 2.63 bits per heavy atom. The summed E-state index contributed by atoms with van der Waals surface area (Å²) in [5, 5.41) is 4.07. The minimum absolute atomic E-state index is 0.241. The largest absolute Gasteiger partial charge is 0.271 e. The molecule has 0 saturated heterocycles. The molecule has 4 nitrogen and oxygen atoms in total. The summed E-state index contributed by atoms with van der Waals surface area (Å²) in [5.74, 6) is -0.241. The highest BCUT2D eigenvalue weighted by molar-refractivity contribution is 9.10. The van der Waals surface area contributed by atoms with Crippen LogP contribution in [0.15, 0.2) is 58.4 Å². The van der Waals surface area contributed by atoms with Gasteiger partial charge in [0.05, 0.1) is 5.71 Å². The van der Waals surface area contributed by atoms with Crippen LogP contribution in [0, 0.1) is 0 Å². The summed E-state index contributed by atoms with van der Waals surface area (Å²) in [6.45, 7) is 1.83. The molecule has 1 aromatic heterocycles. The van der Waals surface area contributed by atoms with Crippen molar-refractivity contribution < 1.29 is 4.79 Å². The van der Waals surface area contributed by atoms with Crippen molar-refractivity contribution in [1.82, 2.24) is 10.4 Å². The van der Waals surface area contributed by atoms with Crippen molar-refractivity contribution in [3.63, 3.8) is 0 Å². The Kier molecular flexibility index (Phi) is 4.41. The molecule has 2 rings (SSSR count). The fraction of sp³-hybridized carbons (Fsp3) is 0.0714. The molecule has 1 aromatic carbocycles. The summed E-state index contributed by atoms with van der Waals surface area (Å²) < 4.78 is 0.856. The van der Waals surface area contributed by atoms with Crippen LogP contribution < -0.4 is 5.43 Å². The Morgan fingerprint density at radius 2 is 1.95 bits per heavy atom. The molecule has 0 atom stereocenters. The number of aromatic nitrogens is 1. The van der Waals surface area contributed by atoms with Crippen molar-refractivity contribution in [3.05, 3.63) is 64.4 Å². The van der Waals surface area contributed by atoms with E-state index in [4.69, 9.17) is 0 Å². The Balaban J connectivity index is 2.08. The SMILES string of the molecule is C/C(=N\NC(=O)c1cccc(Br)c1)c1ccncc1. The van der Waals surface area contributed by atoms with E-state index in [1.807, 2.05) is 25.1 Å². The van der Waals surface area contributed by atoms with E-state index in [-0.39, 0.29) is 5.91 Å². The maximum atomic E-state index is 11.9. The van der Waals surface area contributed by atoms with Gasteiger partial charge in [-0.15, -0.1) is 0 Å². The number of hydrogen-bond acceptors (Lipinski definition) is 3. The van der Waals surface area contributed by atoms with Crippen molar-refractivity contribution >= 4 is 27.5 Å². The van der Waals surface area contributed by atoms with Crippen LogP contribution in [0.25, 0.3) is 0 Å². The molecule has 0 aliphatic rings. The monoisotopic (exact) mass is 317 g/mol. The Bertz CT molecular complexity index is 611. The second-order valence-corrected chi connectivity index (χ2v) is 4.80. The first-order valence-electron chi connectivity index (χ1n) is 5.67. The maximum Gasteiger partial charge on any atom is 0.271 e. The van der Waals surface area contributed by atoms with Crippen molar-refractivity contribution in [1.29, 1.82) is 0 Å². The summed E-state index contributed by atoms with van der Waals surface area (Å²) in [5.41, 5.74) is 4.74. The molecule has 19 heavy (non-hydrogen) atoms. The number of carbonyl (C=O) groups excluding carboxylic acids is 1. The molecule has 0 aliphatic carbocycles. The van der Waals surface area contributed by atoms with Gasteiger partial charge >= 0.3 is 0 Å². The molecule has 0 fully saturated rings. The lowest BCUT2D eigenvalue weighted by Crippen LogP contribution is -2.19. The minimum atomic E-state index is -0.241. The summed E-state index contributed by atoms with van der Waals surface area (Å²) >= 11 is 3.32. The first-order chi connectivity index (χ1) is 9.16. The first-order valence-corrected chi connectivity index (χ1v) is 6.47. The molecular weight excluding hydrogens is 306 g/mol. The highest BCUT2D eigenvalue weighted by Crippen LogP contribution is 2.11. The summed E-state index contributed by atoms with van der Waals surface area (Å²) in [4.78, 5) is 15.8. The third kappa shape index (κ3) is 3.72. The molecule has 96 valence electrons. The van der Waals surface area contributed by atoms with Gasteiger partial charge in [0.25, 0.3) is 5.91 Å². The van der Waals surface area contributed by atoms with Crippen LogP contribution >= 0.6 is 15.9 Å². The Morgan fingerprint density at radius 1 is 1.21 bits per heavy atom. The number of nitrogens with zero attached hydrogens (tertiary/aromatic N) is 2.